The number of carbonyl (C=O) groups is 2. The van der Waals surface area contributed by atoms with E-state index in [4.69, 9.17) is 16.3 Å². The molecule has 0 unspecified atom stereocenters. The molecule has 1 aromatic heterocycles. The van der Waals surface area contributed by atoms with Crippen LogP contribution in [0.4, 0.5) is 18.0 Å². The molecule has 0 saturated carbocycles. The van der Waals surface area contributed by atoms with Crippen LogP contribution in [0.3, 0.4) is 0 Å². The van der Waals surface area contributed by atoms with Crippen LogP contribution < -0.4 is 10.1 Å². The Kier molecular flexibility index (Phi) is 6.25. The SMILES string of the molecule is CNC(=O)N1CCc2c(C(F)(F)F)nn(CC(=O)Cc3cc(Cl)ccc3OC)c2C1. The Morgan fingerprint density at radius 1 is 1.33 bits per heavy atom. The molecule has 2 amide bonds. The lowest BCUT2D eigenvalue weighted by Crippen LogP contribution is -2.42. The summed E-state index contributed by atoms with van der Waals surface area (Å²) in [5.41, 5.74) is -0.249. The molecule has 0 fully saturated rings. The van der Waals surface area contributed by atoms with Gasteiger partial charge >= 0.3 is 12.2 Å². The fraction of sp³-hybridized carbons (Fsp3) is 0.421. The van der Waals surface area contributed by atoms with Crippen LogP contribution in [-0.2, 0) is 36.9 Å². The van der Waals surface area contributed by atoms with Gasteiger partial charge in [0.25, 0.3) is 0 Å². The third-order valence-corrected chi connectivity index (χ3v) is 5.10. The molecule has 1 N–H and O–H groups in total. The molecule has 1 aromatic carbocycles. The zero-order chi connectivity index (χ0) is 22.1. The van der Waals surface area contributed by atoms with Crippen molar-refractivity contribution >= 4 is 23.4 Å². The Morgan fingerprint density at radius 2 is 2.07 bits per heavy atom. The largest absolute Gasteiger partial charge is 0.496 e. The number of hydrogen-bond donors (Lipinski definition) is 1. The van der Waals surface area contributed by atoms with E-state index in [-0.39, 0.29) is 49.5 Å². The van der Waals surface area contributed by atoms with Crippen LogP contribution in [0.15, 0.2) is 18.2 Å². The number of carbonyl (C=O) groups excluding carboxylic acids is 2. The smallest absolute Gasteiger partial charge is 0.435 e. The van der Waals surface area contributed by atoms with E-state index in [1.54, 1.807) is 18.2 Å². The highest BCUT2D eigenvalue weighted by molar-refractivity contribution is 6.30. The van der Waals surface area contributed by atoms with E-state index >= 15 is 0 Å². The van der Waals surface area contributed by atoms with E-state index < -0.39 is 17.9 Å². The molecule has 2 heterocycles. The van der Waals surface area contributed by atoms with Crippen molar-refractivity contribution < 1.29 is 27.5 Å². The fourth-order valence-electron chi connectivity index (χ4n) is 3.49. The number of Topliss-reactive ketones (excluding diaryl/α,β-unsaturated/α-hetero) is 1. The van der Waals surface area contributed by atoms with Crippen molar-refractivity contribution in [1.82, 2.24) is 20.0 Å². The van der Waals surface area contributed by atoms with E-state index in [1.165, 1.54) is 19.1 Å². The van der Waals surface area contributed by atoms with E-state index in [1.807, 2.05) is 0 Å². The van der Waals surface area contributed by atoms with E-state index in [2.05, 4.69) is 10.4 Å². The number of rotatable bonds is 5. The second kappa shape index (κ2) is 8.55. The van der Waals surface area contributed by atoms with Crippen molar-refractivity contribution in [2.45, 2.75) is 32.1 Å². The molecule has 2 aromatic rings. The first-order valence-electron chi connectivity index (χ1n) is 9.10. The highest BCUT2D eigenvalue weighted by Crippen LogP contribution is 2.35. The van der Waals surface area contributed by atoms with Crippen molar-refractivity contribution in [3.05, 3.63) is 45.7 Å². The monoisotopic (exact) mass is 444 g/mol. The lowest BCUT2D eigenvalue weighted by Gasteiger charge is -2.27. The van der Waals surface area contributed by atoms with Crippen molar-refractivity contribution in [2.75, 3.05) is 20.7 Å². The van der Waals surface area contributed by atoms with Gasteiger partial charge in [-0.1, -0.05) is 11.6 Å². The molecule has 0 atom stereocenters. The number of ether oxygens (including phenoxy) is 1. The van der Waals surface area contributed by atoms with Gasteiger partial charge in [0.1, 0.15) is 12.3 Å². The molecule has 0 aliphatic carbocycles. The Hall–Kier alpha value is -2.75. The van der Waals surface area contributed by atoms with Crippen molar-refractivity contribution in [2.24, 2.45) is 0 Å². The van der Waals surface area contributed by atoms with E-state index in [9.17, 15) is 22.8 Å². The topological polar surface area (TPSA) is 76.5 Å². The molecular weight excluding hydrogens is 425 g/mol. The Labute approximate surface area is 175 Å². The molecule has 3 rings (SSSR count). The second-order valence-electron chi connectivity index (χ2n) is 6.83. The summed E-state index contributed by atoms with van der Waals surface area (Å²) in [6, 6.07) is 4.40. The average Bonchev–Trinajstić information content (AvgIpc) is 3.05. The highest BCUT2D eigenvalue weighted by atomic mass is 35.5. The van der Waals surface area contributed by atoms with Crippen LogP contribution in [-0.4, -0.2) is 47.2 Å². The fourth-order valence-corrected chi connectivity index (χ4v) is 3.69. The molecule has 0 saturated heterocycles. The van der Waals surface area contributed by atoms with Gasteiger partial charge in [-0.2, -0.15) is 18.3 Å². The quantitative estimate of drug-likeness (QED) is 0.769. The lowest BCUT2D eigenvalue weighted by atomic mass is 10.0. The van der Waals surface area contributed by atoms with Crippen LogP contribution in [0.5, 0.6) is 5.75 Å². The van der Waals surface area contributed by atoms with Gasteiger partial charge in [-0.05, 0) is 24.6 Å². The Balaban J connectivity index is 1.89. The first-order valence-corrected chi connectivity index (χ1v) is 9.48. The number of aromatic nitrogens is 2. The predicted octanol–water partition coefficient (Wildman–Crippen LogP) is 3.07. The number of alkyl halides is 3. The molecule has 0 radical (unpaired) electrons. The number of nitrogens with one attached hydrogen (secondary N) is 1. The predicted molar refractivity (Wildman–Crippen MR) is 103 cm³/mol. The summed E-state index contributed by atoms with van der Waals surface area (Å²) in [6.45, 7) is -0.295. The zero-order valence-corrected chi connectivity index (χ0v) is 17.1. The third kappa shape index (κ3) is 4.53. The molecule has 0 bridgehead atoms. The number of hydrogen-bond acceptors (Lipinski definition) is 4. The molecule has 11 heteroatoms. The number of fused-ring (bicyclic) bond motifs is 1. The second-order valence-corrected chi connectivity index (χ2v) is 7.26. The van der Waals surface area contributed by atoms with E-state index in [0.29, 0.717) is 16.3 Å². The number of nitrogens with zero attached hydrogens (tertiary/aromatic N) is 3. The number of halogens is 4. The van der Waals surface area contributed by atoms with Crippen LogP contribution >= 0.6 is 11.6 Å². The first kappa shape index (κ1) is 21.9. The molecule has 30 heavy (non-hydrogen) atoms. The summed E-state index contributed by atoms with van der Waals surface area (Å²) in [5, 5.41) is 6.55. The summed E-state index contributed by atoms with van der Waals surface area (Å²) in [4.78, 5) is 26.0. The van der Waals surface area contributed by atoms with Crippen molar-refractivity contribution in [3.63, 3.8) is 0 Å². The van der Waals surface area contributed by atoms with Gasteiger partial charge in [-0.25, -0.2) is 4.79 Å². The number of ketones is 1. The standard InChI is InChI=1S/C19H20ClF3N4O3/c1-24-18(29)26-6-5-14-15(10-26)27(25-17(14)19(21,22)23)9-13(28)8-11-7-12(20)3-4-16(11)30-2/h3-4,7H,5-6,8-10H2,1-2H3,(H,24,29). The van der Waals surface area contributed by atoms with Gasteiger partial charge in [0.2, 0.25) is 0 Å². The van der Waals surface area contributed by atoms with Gasteiger partial charge in [-0.3, -0.25) is 9.48 Å². The Bertz CT molecular complexity index is 975. The summed E-state index contributed by atoms with van der Waals surface area (Å²) in [6.07, 6.45) is -4.73. The minimum absolute atomic E-state index is 0.00784. The van der Waals surface area contributed by atoms with Gasteiger partial charge in [0.15, 0.2) is 11.5 Å². The van der Waals surface area contributed by atoms with Crippen molar-refractivity contribution in [1.29, 1.82) is 0 Å². The maximum atomic E-state index is 13.5. The number of methoxy groups -OCH3 is 1. The first-order chi connectivity index (χ1) is 14.1. The van der Waals surface area contributed by atoms with Crippen molar-refractivity contribution in [3.8, 4) is 5.75 Å². The van der Waals surface area contributed by atoms with E-state index in [0.717, 1.165) is 4.68 Å². The molecule has 0 spiro atoms. The number of urea groups is 1. The van der Waals surface area contributed by atoms with Crippen LogP contribution in [0, 0.1) is 0 Å². The maximum absolute atomic E-state index is 13.5. The van der Waals surface area contributed by atoms with Crippen LogP contribution in [0.25, 0.3) is 0 Å². The third-order valence-electron chi connectivity index (χ3n) is 4.86. The minimum Gasteiger partial charge on any atom is -0.496 e. The van der Waals surface area contributed by atoms with Crippen LogP contribution in [0.1, 0.15) is 22.5 Å². The molecule has 1 aliphatic rings. The number of amides is 2. The summed E-state index contributed by atoms with van der Waals surface area (Å²) >= 11 is 5.97. The summed E-state index contributed by atoms with van der Waals surface area (Å²) < 4.78 is 46.6. The molecule has 162 valence electrons. The van der Waals surface area contributed by atoms with Gasteiger partial charge < -0.3 is 15.0 Å². The van der Waals surface area contributed by atoms with Gasteiger partial charge in [0, 0.05) is 36.2 Å². The summed E-state index contributed by atoms with van der Waals surface area (Å²) in [7, 11) is 2.89. The normalized spacial score (nSPS) is 13.7. The molecular formula is C19H20ClF3N4O3. The molecule has 7 nitrogen and oxygen atoms in total. The number of benzene rings is 1. The van der Waals surface area contributed by atoms with Crippen LogP contribution in [0.2, 0.25) is 5.02 Å². The lowest BCUT2D eigenvalue weighted by molar-refractivity contribution is -0.142. The average molecular weight is 445 g/mol. The zero-order valence-electron chi connectivity index (χ0n) is 16.3. The molecule has 1 aliphatic heterocycles. The highest BCUT2D eigenvalue weighted by Gasteiger charge is 2.41. The maximum Gasteiger partial charge on any atom is 0.435 e. The minimum atomic E-state index is -4.65. The Morgan fingerprint density at radius 3 is 2.70 bits per heavy atom. The van der Waals surface area contributed by atoms with Gasteiger partial charge in [-0.15, -0.1) is 0 Å². The summed E-state index contributed by atoms with van der Waals surface area (Å²) in [5.74, 6) is 0.0867. The van der Waals surface area contributed by atoms with Gasteiger partial charge in [0.05, 0.1) is 19.3 Å².